The molecule has 0 spiro atoms. The maximum absolute atomic E-state index is 12.5. The average Bonchev–Trinajstić information content (AvgIpc) is 3.42. The zero-order valence-electron chi connectivity index (χ0n) is 20.0. The first-order chi connectivity index (χ1) is 18.5. The van der Waals surface area contributed by atoms with Crippen molar-refractivity contribution in [1.82, 2.24) is 25.6 Å². The van der Waals surface area contributed by atoms with E-state index in [1.807, 2.05) is 12.1 Å². The van der Waals surface area contributed by atoms with E-state index >= 15 is 0 Å². The Morgan fingerprint density at radius 3 is 2.16 bits per heavy atom. The van der Waals surface area contributed by atoms with Gasteiger partial charge >= 0.3 is 6.03 Å². The normalized spacial score (nSPS) is 14.5. The molecule has 0 saturated carbocycles. The minimum atomic E-state index is -1.95. The van der Waals surface area contributed by atoms with Gasteiger partial charge in [-0.1, -0.05) is 0 Å². The Balaban J connectivity index is 1.26. The van der Waals surface area contributed by atoms with Crippen LogP contribution < -0.4 is 20.1 Å². The number of benzene rings is 2. The van der Waals surface area contributed by atoms with E-state index in [1.165, 1.54) is 13.4 Å². The summed E-state index contributed by atoms with van der Waals surface area (Å²) in [5.41, 5.74) is -0.561. The summed E-state index contributed by atoms with van der Waals surface area (Å²) >= 11 is 0. The van der Waals surface area contributed by atoms with Crippen LogP contribution in [0.4, 0.5) is 4.79 Å². The molecular weight excluding hydrogens is 494 g/mol. The van der Waals surface area contributed by atoms with Crippen LogP contribution in [0, 0.1) is 0 Å². The third-order valence-electron chi connectivity index (χ3n) is 5.64. The number of urea groups is 1. The number of amides is 4. The van der Waals surface area contributed by atoms with Crippen molar-refractivity contribution >= 4 is 17.8 Å². The number of nitrogens with one attached hydrogen (secondary N) is 2. The number of hydrogen-bond acceptors (Lipinski definition) is 10. The summed E-state index contributed by atoms with van der Waals surface area (Å²) in [5, 5.41) is 4.14. The summed E-state index contributed by atoms with van der Waals surface area (Å²) in [6.07, 6.45) is 4.57. The molecule has 5 rings (SSSR count). The van der Waals surface area contributed by atoms with E-state index in [9.17, 15) is 14.4 Å². The fraction of sp³-hybridized carbons (Fsp3) is 0.154. The molecule has 4 amide bonds. The van der Waals surface area contributed by atoms with Gasteiger partial charge in [0.2, 0.25) is 5.89 Å². The number of methoxy groups -OCH3 is 1. The highest BCUT2D eigenvalue weighted by atomic mass is 16.5. The van der Waals surface area contributed by atoms with Crippen molar-refractivity contribution in [3.63, 3.8) is 0 Å². The topological polar surface area (TPSA) is 155 Å². The molecule has 1 aliphatic rings. The molecule has 192 valence electrons. The fourth-order valence-corrected chi connectivity index (χ4v) is 3.70. The number of carbonyl (C=O) groups excluding carboxylic acids is 3. The lowest BCUT2D eigenvalue weighted by Crippen LogP contribution is -2.69. The van der Waals surface area contributed by atoms with Gasteiger partial charge in [0.15, 0.2) is 5.76 Å². The second-order valence-corrected chi connectivity index (χ2v) is 8.13. The van der Waals surface area contributed by atoms with Gasteiger partial charge in [0.05, 0.1) is 12.8 Å². The predicted octanol–water partition coefficient (Wildman–Crippen LogP) is 3.11. The molecule has 12 heteroatoms. The van der Waals surface area contributed by atoms with Crippen LogP contribution in [0.15, 0.2) is 77.7 Å². The number of rotatable bonds is 9. The van der Waals surface area contributed by atoms with Gasteiger partial charge in [-0.3, -0.25) is 20.2 Å². The standard InChI is InChI=1S/C26H21N5O7/c1-35-13-11-26(23(32)30-25(34)31-24(26)33)38-19-8-6-18(7-9-19)36-17-4-2-16(3-5-17)22-28-14-21(37-22)20-10-12-27-15-29-20/h2-10,12,14-15H,11,13H2,1H3,(H2,30,31,32,33,34). The van der Waals surface area contributed by atoms with E-state index in [-0.39, 0.29) is 18.8 Å². The number of oxazole rings is 1. The number of ether oxygens (including phenoxy) is 3. The van der Waals surface area contributed by atoms with Gasteiger partial charge in [-0.25, -0.2) is 19.7 Å². The number of nitrogens with zero attached hydrogens (tertiary/aromatic N) is 3. The SMILES string of the molecule is COCCC1(Oc2ccc(Oc3ccc(-c4ncc(-c5ccncn5)o4)cc3)cc2)C(=O)NC(=O)NC1=O. The third kappa shape index (κ3) is 5.06. The van der Waals surface area contributed by atoms with Crippen LogP contribution in [0.25, 0.3) is 22.9 Å². The van der Waals surface area contributed by atoms with E-state index in [2.05, 4.69) is 25.6 Å². The lowest BCUT2D eigenvalue weighted by molar-refractivity contribution is -0.153. The minimum Gasteiger partial charge on any atom is -0.467 e. The maximum Gasteiger partial charge on any atom is 0.328 e. The molecule has 0 bridgehead atoms. The van der Waals surface area contributed by atoms with Gasteiger partial charge in [0, 0.05) is 25.3 Å². The van der Waals surface area contributed by atoms with Crippen LogP contribution in [0.2, 0.25) is 0 Å². The first-order valence-electron chi connectivity index (χ1n) is 11.4. The van der Waals surface area contributed by atoms with E-state index < -0.39 is 23.4 Å². The van der Waals surface area contributed by atoms with Crippen molar-refractivity contribution in [1.29, 1.82) is 0 Å². The van der Waals surface area contributed by atoms with Crippen molar-refractivity contribution < 1.29 is 33.0 Å². The molecule has 2 aromatic carbocycles. The monoisotopic (exact) mass is 515 g/mol. The Kier molecular flexibility index (Phi) is 6.78. The van der Waals surface area contributed by atoms with Gasteiger partial charge in [-0.05, 0) is 54.6 Å². The molecule has 0 radical (unpaired) electrons. The van der Waals surface area contributed by atoms with Crippen molar-refractivity contribution in [2.24, 2.45) is 0 Å². The summed E-state index contributed by atoms with van der Waals surface area (Å²) in [4.78, 5) is 48.9. The molecule has 0 atom stereocenters. The van der Waals surface area contributed by atoms with Crippen LogP contribution in [-0.4, -0.2) is 52.1 Å². The second kappa shape index (κ2) is 10.5. The van der Waals surface area contributed by atoms with Crippen LogP contribution in [0.3, 0.4) is 0 Å². The highest BCUT2D eigenvalue weighted by Gasteiger charge is 2.52. The summed E-state index contributed by atoms with van der Waals surface area (Å²) in [7, 11) is 1.43. The molecular formula is C26H21N5O7. The maximum atomic E-state index is 12.5. The molecule has 4 aromatic rings. The molecule has 1 fully saturated rings. The highest BCUT2D eigenvalue weighted by Crippen LogP contribution is 2.30. The summed E-state index contributed by atoms with van der Waals surface area (Å²) in [6, 6.07) is 14.3. The first kappa shape index (κ1) is 24.6. The molecule has 0 unspecified atom stereocenters. The van der Waals surface area contributed by atoms with Crippen molar-refractivity contribution in [3.8, 4) is 40.2 Å². The molecule has 3 heterocycles. The van der Waals surface area contributed by atoms with Crippen molar-refractivity contribution in [2.75, 3.05) is 13.7 Å². The van der Waals surface area contributed by atoms with Crippen LogP contribution in [0.5, 0.6) is 17.2 Å². The Morgan fingerprint density at radius 1 is 0.868 bits per heavy atom. The number of imide groups is 2. The molecule has 2 aromatic heterocycles. The number of carbonyl (C=O) groups is 3. The van der Waals surface area contributed by atoms with E-state index in [4.69, 9.17) is 18.6 Å². The van der Waals surface area contributed by atoms with Crippen LogP contribution in [-0.2, 0) is 14.3 Å². The fourth-order valence-electron chi connectivity index (χ4n) is 3.70. The van der Waals surface area contributed by atoms with Gasteiger partial charge in [0.25, 0.3) is 17.4 Å². The minimum absolute atomic E-state index is 0.0572. The molecule has 1 aliphatic heterocycles. The zero-order chi connectivity index (χ0) is 26.5. The largest absolute Gasteiger partial charge is 0.467 e. The van der Waals surface area contributed by atoms with Crippen molar-refractivity contribution in [3.05, 3.63) is 73.3 Å². The Morgan fingerprint density at radius 2 is 1.53 bits per heavy atom. The molecule has 1 saturated heterocycles. The summed E-state index contributed by atoms with van der Waals surface area (Å²) < 4.78 is 22.5. The predicted molar refractivity (Wildman–Crippen MR) is 131 cm³/mol. The Labute approximate surface area is 216 Å². The number of barbiturate groups is 1. The average molecular weight is 515 g/mol. The molecule has 12 nitrogen and oxygen atoms in total. The zero-order valence-corrected chi connectivity index (χ0v) is 20.0. The Bertz CT molecular complexity index is 1430. The summed E-state index contributed by atoms with van der Waals surface area (Å²) in [5.74, 6) is 0.525. The van der Waals surface area contributed by atoms with Crippen LogP contribution >= 0.6 is 0 Å². The van der Waals surface area contributed by atoms with Crippen LogP contribution in [0.1, 0.15) is 6.42 Å². The van der Waals surface area contributed by atoms with Gasteiger partial charge in [-0.15, -0.1) is 0 Å². The van der Waals surface area contributed by atoms with Crippen molar-refractivity contribution in [2.45, 2.75) is 12.0 Å². The molecule has 38 heavy (non-hydrogen) atoms. The Hall–Kier alpha value is -5.10. The highest BCUT2D eigenvalue weighted by molar-refractivity contribution is 6.21. The lowest BCUT2D eigenvalue weighted by Gasteiger charge is -2.34. The van der Waals surface area contributed by atoms with E-state index in [0.717, 1.165) is 5.56 Å². The second-order valence-electron chi connectivity index (χ2n) is 8.13. The van der Waals surface area contributed by atoms with E-state index in [0.29, 0.717) is 28.8 Å². The van der Waals surface area contributed by atoms with Gasteiger partial charge in [0.1, 0.15) is 29.3 Å². The van der Waals surface area contributed by atoms with Gasteiger partial charge in [-0.2, -0.15) is 0 Å². The van der Waals surface area contributed by atoms with Gasteiger partial charge < -0.3 is 18.6 Å². The van der Waals surface area contributed by atoms with E-state index in [1.54, 1.807) is 54.9 Å². The third-order valence-corrected chi connectivity index (χ3v) is 5.64. The number of aromatic nitrogens is 3. The smallest absolute Gasteiger partial charge is 0.328 e. The quantitative estimate of drug-likeness (QED) is 0.318. The molecule has 0 aliphatic carbocycles. The lowest BCUT2D eigenvalue weighted by atomic mass is 9.95. The number of hydrogen-bond donors (Lipinski definition) is 2. The first-order valence-corrected chi connectivity index (χ1v) is 11.4. The summed E-state index contributed by atoms with van der Waals surface area (Å²) in [6.45, 7) is 0.0572. The molecule has 2 N–H and O–H groups in total.